The van der Waals surface area contributed by atoms with Crippen molar-refractivity contribution in [3.63, 3.8) is 0 Å². The summed E-state index contributed by atoms with van der Waals surface area (Å²) in [5.74, 6) is -4.30. The number of sulfonamides is 1. The molecule has 47 heavy (non-hydrogen) atoms. The van der Waals surface area contributed by atoms with Crippen LogP contribution >= 0.6 is 11.6 Å². The van der Waals surface area contributed by atoms with Crippen LogP contribution in [0.5, 0.6) is 0 Å². The normalized spacial score (nSPS) is 27.8. The summed E-state index contributed by atoms with van der Waals surface area (Å²) in [7, 11) is -3.83. The lowest BCUT2D eigenvalue weighted by atomic mass is 9.77. The summed E-state index contributed by atoms with van der Waals surface area (Å²) in [4.78, 5) is 32.7. The van der Waals surface area contributed by atoms with Crippen molar-refractivity contribution in [1.29, 1.82) is 0 Å². The van der Waals surface area contributed by atoms with Crippen LogP contribution in [0, 0.1) is 11.8 Å². The number of halogens is 3. The number of nitrogens with one attached hydrogen (secondary N) is 1. The van der Waals surface area contributed by atoms with Crippen LogP contribution in [0.25, 0.3) is 0 Å². The van der Waals surface area contributed by atoms with Gasteiger partial charge in [0, 0.05) is 80.4 Å². The molecule has 1 aromatic carbocycles. The number of nitrogens with two attached hydrogens (primary N) is 2. The third-order valence-corrected chi connectivity index (χ3v) is 12.2. The van der Waals surface area contributed by atoms with Gasteiger partial charge < -0.3 is 26.6 Å². The van der Waals surface area contributed by atoms with Crippen LogP contribution in [0.15, 0.2) is 41.3 Å². The van der Waals surface area contributed by atoms with Gasteiger partial charge in [0.15, 0.2) is 0 Å². The number of anilines is 2. The number of benzene rings is 1. The van der Waals surface area contributed by atoms with E-state index in [4.69, 9.17) is 23.1 Å². The smallest absolute Gasteiger partial charge is 0.276 e. The van der Waals surface area contributed by atoms with E-state index in [9.17, 15) is 18.0 Å². The summed E-state index contributed by atoms with van der Waals surface area (Å²) in [6, 6.07) is 8.62. The summed E-state index contributed by atoms with van der Waals surface area (Å²) in [6.07, 6.45) is 3.94. The number of hydrogen-bond donors (Lipinski definition) is 3. The van der Waals surface area contributed by atoms with Gasteiger partial charge in [0.2, 0.25) is 21.8 Å². The maximum atomic E-state index is 15.9. The van der Waals surface area contributed by atoms with Crippen molar-refractivity contribution in [3.05, 3.63) is 47.1 Å². The summed E-state index contributed by atoms with van der Waals surface area (Å²) >= 11 is 6.26. The first-order valence-electron chi connectivity index (χ1n) is 16.3. The molecule has 4 aliphatic rings. The van der Waals surface area contributed by atoms with Crippen LogP contribution in [0.3, 0.4) is 0 Å². The Morgan fingerprint density at radius 2 is 1.64 bits per heavy atom. The Labute approximate surface area is 279 Å². The van der Waals surface area contributed by atoms with Crippen LogP contribution in [0.1, 0.15) is 56.9 Å². The fraction of sp³-hybridized carbons (Fsp3) is 0.594. The zero-order chi connectivity index (χ0) is 33.5. The van der Waals surface area contributed by atoms with Gasteiger partial charge >= 0.3 is 0 Å². The second kappa shape index (κ2) is 13.5. The molecule has 3 atom stereocenters. The van der Waals surface area contributed by atoms with E-state index >= 15 is 8.78 Å². The zero-order valence-corrected chi connectivity index (χ0v) is 27.7. The van der Waals surface area contributed by atoms with Crippen LogP contribution in [0.4, 0.5) is 20.3 Å². The topological polar surface area (TPSA) is 155 Å². The van der Waals surface area contributed by atoms with Crippen molar-refractivity contribution < 1.29 is 26.8 Å². The molecule has 0 radical (unpaired) electrons. The lowest BCUT2D eigenvalue weighted by molar-refractivity contribution is -0.129. The average Bonchev–Trinajstić information content (AvgIpc) is 3.63. The molecule has 0 unspecified atom stereocenters. The van der Waals surface area contributed by atoms with E-state index in [1.165, 1.54) is 28.6 Å². The number of aromatic nitrogens is 1. The molecule has 0 bridgehead atoms. The van der Waals surface area contributed by atoms with Gasteiger partial charge in [0.05, 0.1) is 4.90 Å². The van der Waals surface area contributed by atoms with E-state index in [0.717, 1.165) is 19.3 Å². The predicted molar refractivity (Wildman–Crippen MR) is 175 cm³/mol. The Morgan fingerprint density at radius 1 is 0.957 bits per heavy atom. The van der Waals surface area contributed by atoms with E-state index in [2.05, 4.69) is 10.3 Å². The molecule has 0 spiro atoms. The zero-order valence-electron chi connectivity index (χ0n) is 26.2. The van der Waals surface area contributed by atoms with Crippen LogP contribution in [-0.2, 0) is 25.5 Å². The molecule has 2 aromatic rings. The van der Waals surface area contributed by atoms with Crippen molar-refractivity contribution in [2.45, 2.75) is 80.3 Å². The molecule has 2 amide bonds. The van der Waals surface area contributed by atoms with Gasteiger partial charge in [-0.2, -0.15) is 4.31 Å². The second-order valence-corrected chi connectivity index (χ2v) is 15.7. The molecular formula is C32H42ClF2N7O4S. The molecule has 2 aliphatic carbocycles. The maximum absolute atomic E-state index is 15.9. The van der Waals surface area contributed by atoms with Crippen LogP contribution in [-0.4, -0.2) is 80.4 Å². The molecular weight excluding hydrogens is 652 g/mol. The standard InChI is InChI=1S/C32H42ClF2N7O4S/c33-28-15-22(32(34,35)21-3-1-20(2-4-21)31(44)38-25-6-5-23(36)17-25)16-29(39-28)40-11-13-41(14-12-40)47(45,46)27-9-7-26(8-10-27)42-19-24(37)18-30(42)43/h7-10,15-16,20-21,23-25H,1-6,11-14,17-19,36-37H2,(H,38,44)/t20?,21?,23-,24+,25+/m0/s1. The molecule has 4 fully saturated rings. The fourth-order valence-electron chi connectivity index (χ4n) is 7.35. The number of rotatable bonds is 8. The SMILES string of the molecule is N[C@@H]1CC(=O)N(c2ccc(S(=O)(=O)N3CCN(c4cc(C(F)(F)C5CCC(C(=O)N[C@@H]6CC[C@H](N)C6)CC5)cc(Cl)n4)CC3)cc2)C1. The summed E-state index contributed by atoms with van der Waals surface area (Å²) < 4.78 is 60.0. The van der Waals surface area contributed by atoms with Crippen LogP contribution in [0.2, 0.25) is 5.15 Å². The fourth-order valence-corrected chi connectivity index (χ4v) is 8.97. The quantitative estimate of drug-likeness (QED) is 0.356. The Bertz CT molecular complexity index is 1580. The molecule has 3 heterocycles. The van der Waals surface area contributed by atoms with Crippen molar-refractivity contribution in [1.82, 2.24) is 14.6 Å². The monoisotopic (exact) mass is 693 g/mol. The number of piperazine rings is 1. The van der Waals surface area contributed by atoms with Gasteiger partial charge in [-0.05, 0) is 81.3 Å². The Balaban J connectivity index is 1.06. The number of amides is 2. The number of alkyl halides is 2. The maximum Gasteiger partial charge on any atom is 0.276 e. The van der Waals surface area contributed by atoms with E-state index in [1.54, 1.807) is 21.9 Å². The van der Waals surface area contributed by atoms with Crippen molar-refractivity contribution in [2.75, 3.05) is 42.5 Å². The number of hydrogen-bond acceptors (Lipinski definition) is 8. The highest BCUT2D eigenvalue weighted by atomic mass is 35.5. The minimum Gasteiger partial charge on any atom is -0.354 e. The van der Waals surface area contributed by atoms with E-state index < -0.39 is 21.9 Å². The first kappa shape index (κ1) is 34.0. The molecule has 2 saturated heterocycles. The van der Waals surface area contributed by atoms with Crippen molar-refractivity contribution in [2.24, 2.45) is 23.3 Å². The number of carbonyl (C=O) groups is 2. The molecule has 1 aromatic heterocycles. The second-order valence-electron chi connectivity index (χ2n) is 13.3. The lowest BCUT2D eigenvalue weighted by Gasteiger charge is -2.36. The summed E-state index contributed by atoms with van der Waals surface area (Å²) in [5.41, 5.74) is 12.2. The molecule has 2 aliphatic heterocycles. The van der Waals surface area contributed by atoms with Gasteiger partial charge in [0.25, 0.3) is 5.92 Å². The third kappa shape index (κ3) is 7.26. The number of carbonyl (C=O) groups excluding carboxylic acids is 2. The largest absolute Gasteiger partial charge is 0.354 e. The highest BCUT2D eigenvalue weighted by molar-refractivity contribution is 7.89. The van der Waals surface area contributed by atoms with Gasteiger partial charge in [-0.3, -0.25) is 9.59 Å². The molecule has 15 heteroatoms. The van der Waals surface area contributed by atoms with Gasteiger partial charge in [0.1, 0.15) is 11.0 Å². The highest BCUT2D eigenvalue weighted by Crippen LogP contribution is 2.46. The highest BCUT2D eigenvalue weighted by Gasteiger charge is 2.45. The molecule has 2 saturated carbocycles. The summed E-state index contributed by atoms with van der Waals surface area (Å²) in [5, 5.41) is 2.99. The van der Waals surface area contributed by atoms with E-state index in [1.807, 2.05) is 0 Å². The molecule has 5 N–H and O–H groups in total. The number of nitrogens with zero attached hydrogens (tertiary/aromatic N) is 4. The summed E-state index contributed by atoms with van der Waals surface area (Å²) in [6.45, 7) is 1.11. The Kier molecular flexibility index (Phi) is 9.79. The predicted octanol–water partition coefficient (Wildman–Crippen LogP) is 3.20. The van der Waals surface area contributed by atoms with Gasteiger partial charge in [-0.1, -0.05) is 11.6 Å². The minimum atomic E-state index is -3.83. The van der Waals surface area contributed by atoms with Crippen molar-refractivity contribution >= 4 is 44.9 Å². The van der Waals surface area contributed by atoms with Crippen LogP contribution < -0.4 is 26.6 Å². The van der Waals surface area contributed by atoms with E-state index in [-0.39, 0.29) is 103 Å². The molecule has 11 nitrogen and oxygen atoms in total. The Hall–Kier alpha value is -2.91. The van der Waals surface area contributed by atoms with E-state index in [0.29, 0.717) is 25.1 Å². The minimum absolute atomic E-state index is 0.0624. The lowest BCUT2D eigenvalue weighted by Crippen LogP contribution is -2.49. The molecule has 256 valence electrons. The molecule has 6 rings (SSSR count). The Morgan fingerprint density at radius 3 is 2.23 bits per heavy atom. The number of pyridine rings is 1. The first-order valence-corrected chi connectivity index (χ1v) is 18.2. The average molecular weight is 694 g/mol. The first-order chi connectivity index (χ1) is 22.3. The van der Waals surface area contributed by atoms with Crippen molar-refractivity contribution in [3.8, 4) is 0 Å². The third-order valence-electron chi connectivity index (χ3n) is 10.1. The van der Waals surface area contributed by atoms with Gasteiger partial charge in [-0.15, -0.1) is 0 Å². The van der Waals surface area contributed by atoms with Gasteiger partial charge in [-0.25, -0.2) is 22.2 Å².